The van der Waals surface area contributed by atoms with E-state index in [2.05, 4.69) is 9.97 Å². The summed E-state index contributed by atoms with van der Waals surface area (Å²) in [4.78, 5) is 20.4. The maximum absolute atomic E-state index is 13.6. The molecule has 1 aromatic heterocycles. The second-order valence-electron chi connectivity index (χ2n) is 6.11. The number of nitrogens with zero attached hydrogens (tertiary/aromatic N) is 3. The van der Waals surface area contributed by atoms with E-state index in [4.69, 9.17) is 5.73 Å². The van der Waals surface area contributed by atoms with Gasteiger partial charge in [0.1, 0.15) is 5.82 Å². The number of alkyl halides is 3. The van der Waals surface area contributed by atoms with Crippen molar-refractivity contribution >= 4 is 17.7 Å². The van der Waals surface area contributed by atoms with Crippen molar-refractivity contribution in [1.82, 2.24) is 9.97 Å². The number of halogens is 4. The fraction of sp³-hybridized carbons (Fsp3) is 0.353. The number of carbonyl (C=O) groups excluding carboxylic acids is 1. The molecule has 0 spiro atoms. The maximum Gasteiger partial charge on any atom is 0.433 e. The minimum Gasteiger partial charge on any atom is -0.351 e. The molecule has 1 aliphatic carbocycles. The van der Waals surface area contributed by atoms with E-state index in [-0.39, 0.29) is 23.4 Å². The first-order valence-electron chi connectivity index (χ1n) is 8.01. The minimum atomic E-state index is -4.70. The summed E-state index contributed by atoms with van der Waals surface area (Å²) in [5, 5.41) is 0. The van der Waals surface area contributed by atoms with Crippen molar-refractivity contribution in [1.29, 1.82) is 0 Å². The Bertz CT molecular complexity index is 867. The fourth-order valence-corrected chi connectivity index (χ4v) is 3.06. The van der Waals surface area contributed by atoms with Gasteiger partial charge in [-0.15, -0.1) is 0 Å². The molecular formula is C17H16F4N4O. The molecular weight excluding hydrogens is 352 g/mol. The summed E-state index contributed by atoms with van der Waals surface area (Å²) in [6.07, 6.45) is -2.82. The van der Waals surface area contributed by atoms with Crippen LogP contribution in [-0.2, 0) is 19.0 Å². The molecule has 138 valence electrons. The van der Waals surface area contributed by atoms with Gasteiger partial charge in [-0.25, -0.2) is 24.1 Å². The summed E-state index contributed by atoms with van der Waals surface area (Å²) in [6, 6.07) is 2.48. The molecule has 3 rings (SSSR count). The Balaban J connectivity index is 2.22. The van der Waals surface area contributed by atoms with Crippen molar-refractivity contribution < 1.29 is 22.4 Å². The average Bonchev–Trinajstić information content (AvgIpc) is 2.56. The Kier molecular flexibility index (Phi) is 4.55. The molecule has 0 saturated heterocycles. The van der Waals surface area contributed by atoms with E-state index in [0.717, 1.165) is 6.07 Å². The van der Waals surface area contributed by atoms with E-state index >= 15 is 0 Å². The first-order chi connectivity index (χ1) is 12.2. The summed E-state index contributed by atoms with van der Waals surface area (Å²) in [5.41, 5.74) is 5.03. The number of rotatable bonds is 2. The number of primary amides is 1. The topological polar surface area (TPSA) is 72.1 Å². The maximum atomic E-state index is 13.6. The summed E-state index contributed by atoms with van der Waals surface area (Å²) >= 11 is 0. The predicted octanol–water partition coefficient (Wildman–Crippen LogP) is 4.04. The molecule has 26 heavy (non-hydrogen) atoms. The Morgan fingerprint density at radius 1 is 1.19 bits per heavy atom. The number of amides is 2. The van der Waals surface area contributed by atoms with Crippen LogP contribution in [0, 0.1) is 12.7 Å². The van der Waals surface area contributed by atoms with Crippen molar-refractivity contribution in [3.63, 3.8) is 0 Å². The third kappa shape index (κ3) is 3.33. The van der Waals surface area contributed by atoms with Crippen LogP contribution in [0.3, 0.4) is 0 Å². The molecule has 2 aromatic rings. The fourth-order valence-electron chi connectivity index (χ4n) is 3.06. The van der Waals surface area contributed by atoms with Crippen LogP contribution in [0.5, 0.6) is 0 Å². The van der Waals surface area contributed by atoms with Gasteiger partial charge < -0.3 is 5.73 Å². The van der Waals surface area contributed by atoms with Crippen LogP contribution in [0.15, 0.2) is 18.2 Å². The van der Waals surface area contributed by atoms with Crippen molar-refractivity contribution in [2.24, 2.45) is 5.73 Å². The second kappa shape index (κ2) is 6.54. The third-order valence-electron chi connectivity index (χ3n) is 4.27. The number of fused-ring (bicyclic) bond motifs is 1. The molecule has 1 aromatic carbocycles. The number of aromatic nitrogens is 2. The number of benzene rings is 1. The zero-order valence-corrected chi connectivity index (χ0v) is 13.9. The third-order valence-corrected chi connectivity index (χ3v) is 4.27. The molecule has 9 heteroatoms. The molecule has 2 N–H and O–H groups in total. The zero-order chi connectivity index (χ0) is 19.1. The average molecular weight is 368 g/mol. The molecule has 0 aliphatic heterocycles. The van der Waals surface area contributed by atoms with Crippen molar-refractivity contribution in [2.45, 2.75) is 38.8 Å². The standard InChI is InChI=1S/C17H16F4N4O/c1-9-6-7-10(18)8-13(9)25(15(22)26)16-23-12-5-3-2-4-11(12)14(24-16)17(19,20)21/h6-8H,2-5H2,1H3,(H2,22,26). The monoisotopic (exact) mass is 368 g/mol. The zero-order valence-electron chi connectivity index (χ0n) is 13.9. The van der Waals surface area contributed by atoms with Crippen LogP contribution >= 0.6 is 0 Å². The Morgan fingerprint density at radius 3 is 2.54 bits per heavy atom. The highest BCUT2D eigenvalue weighted by Gasteiger charge is 2.39. The number of hydrogen-bond acceptors (Lipinski definition) is 3. The van der Waals surface area contributed by atoms with Crippen LogP contribution in [-0.4, -0.2) is 16.0 Å². The van der Waals surface area contributed by atoms with Gasteiger partial charge in [0.15, 0.2) is 5.69 Å². The molecule has 0 atom stereocenters. The number of urea groups is 1. The minimum absolute atomic E-state index is 0.00128. The Labute approximate surface area is 146 Å². The highest BCUT2D eigenvalue weighted by Crippen LogP contribution is 2.37. The quantitative estimate of drug-likeness (QED) is 0.813. The summed E-state index contributed by atoms with van der Waals surface area (Å²) in [7, 11) is 0. The predicted molar refractivity (Wildman–Crippen MR) is 86.5 cm³/mol. The second-order valence-corrected chi connectivity index (χ2v) is 6.11. The van der Waals surface area contributed by atoms with Crippen LogP contribution in [0.2, 0.25) is 0 Å². The smallest absolute Gasteiger partial charge is 0.351 e. The lowest BCUT2D eigenvalue weighted by Crippen LogP contribution is -2.35. The van der Waals surface area contributed by atoms with Gasteiger partial charge in [0.2, 0.25) is 5.95 Å². The largest absolute Gasteiger partial charge is 0.433 e. The first kappa shape index (κ1) is 18.1. The van der Waals surface area contributed by atoms with E-state index in [1.54, 1.807) is 6.92 Å². The molecule has 2 amide bonds. The molecule has 0 radical (unpaired) electrons. The van der Waals surface area contributed by atoms with Gasteiger partial charge in [-0.05, 0) is 50.3 Å². The van der Waals surface area contributed by atoms with Gasteiger partial charge in [-0.1, -0.05) is 6.07 Å². The highest BCUT2D eigenvalue weighted by atomic mass is 19.4. The number of anilines is 2. The van der Waals surface area contributed by atoms with Crippen LogP contribution in [0.25, 0.3) is 0 Å². The molecule has 5 nitrogen and oxygen atoms in total. The van der Waals surface area contributed by atoms with Gasteiger partial charge in [0, 0.05) is 11.3 Å². The first-order valence-corrected chi connectivity index (χ1v) is 8.01. The molecule has 0 unspecified atom stereocenters. The number of nitrogens with two attached hydrogens (primary N) is 1. The van der Waals surface area contributed by atoms with Gasteiger partial charge in [-0.3, -0.25) is 0 Å². The summed E-state index contributed by atoms with van der Waals surface area (Å²) in [5.74, 6) is -1.16. The van der Waals surface area contributed by atoms with E-state index < -0.39 is 29.7 Å². The molecule has 1 aliphatic rings. The van der Waals surface area contributed by atoms with E-state index in [1.807, 2.05) is 0 Å². The number of aryl methyl sites for hydroxylation is 2. The molecule has 0 bridgehead atoms. The van der Waals surface area contributed by atoms with Crippen LogP contribution in [0.1, 0.15) is 35.4 Å². The lowest BCUT2D eigenvalue weighted by atomic mass is 9.94. The summed E-state index contributed by atoms with van der Waals surface area (Å²) in [6.45, 7) is 1.58. The highest BCUT2D eigenvalue weighted by molar-refractivity contribution is 5.97. The Hall–Kier alpha value is -2.71. The number of hydrogen-bond donors (Lipinski definition) is 1. The lowest BCUT2D eigenvalue weighted by molar-refractivity contribution is -0.142. The number of carbonyl (C=O) groups is 1. The molecule has 0 fully saturated rings. The van der Waals surface area contributed by atoms with Gasteiger partial charge in [0.05, 0.1) is 5.69 Å². The van der Waals surface area contributed by atoms with Gasteiger partial charge in [-0.2, -0.15) is 13.2 Å². The van der Waals surface area contributed by atoms with E-state index in [0.29, 0.717) is 29.7 Å². The van der Waals surface area contributed by atoms with Crippen molar-refractivity contribution in [2.75, 3.05) is 4.90 Å². The van der Waals surface area contributed by atoms with Gasteiger partial charge in [0.25, 0.3) is 0 Å². The molecule has 1 heterocycles. The Morgan fingerprint density at radius 2 is 1.88 bits per heavy atom. The normalized spacial score (nSPS) is 14.0. The van der Waals surface area contributed by atoms with Crippen LogP contribution < -0.4 is 10.6 Å². The van der Waals surface area contributed by atoms with E-state index in [1.165, 1.54) is 12.1 Å². The van der Waals surface area contributed by atoms with Crippen LogP contribution in [0.4, 0.5) is 34.0 Å². The summed E-state index contributed by atoms with van der Waals surface area (Å²) < 4.78 is 54.1. The SMILES string of the molecule is Cc1ccc(F)cc1N(C(N)=O)c1nc2c(c(C(F)(F)F)n1)CCCC2. The van der Waals surface area contributed by atoms with Crippen molar-refractivity contribution in [3.05, 3.63) is 46.5 Å². The molecule has 0 saturated carbocycles. The van der Waals surface area contributed by atoms with Crippen molar-refractivity contribution in [3.8, 4) is 0 Å². The van der Waals surface area contributed by atoms with Gasteiger partial charge >= 0.3 is 12.2 Å². The lowest BCUT2D eigenvalue weighted by Gasteiger charge is -2.25. The van der Waals surface area contributed by atoms with E-state index in [9.17, 15) is 22.4 Å².